The van der Waals surface area contributed by atoms with E-state index < -0.39 is 9.05 Å². The van der Waals surface area contributed by atoms with Gasteiger partial charge in [0.25, 0.3) is 9.05 Å². The molecule has 3 nitrogen and oxygen atoms in total. The molecule has 108 valence electrons. The van der Waals surface area contributed by atoms with E-state index in [9.17, 15) is 8.42 Å². The smallest absolute Gasteiger partial charge is 0.262 e. The lowest BCUT2D eigenvalue weighted by Crippen LogP contribution is -2.01. The number of halogens is 3. The van der Waals surface area contributed by atoms with Crippen LogP contribution in [0.25, 0.3) is 0 Å². The van der Waals surface area contributed by atoms with E-state index in [4.69, 9.17) is 38.6 Å². The van der Waals surface area contributed by atoms with Crippen molar-refractivity contribution in [2.45, 2.75) is 18.2 Å². The molecule has 8 heteroatoms. The van der Waals surface area contributed by atoms with Gasteiger partial charge in [0.1, 0.15) is 15.7 Å². The molecule has 0 amide bonds. The highest BCUT2D eigenvalue weighted by Crippen LogP contribution is 2.37. The van der Waals surface area contributed by atoms with Crippen LogP contribution in [-0.4, -0.2) is 26.5 Å². The van der Waals surface area contributed by atoms with Gasteiger partial charge in [-0.15, -0.1) is 0 Å². The van der Waals surface area contributed by atoms with E-state index in [1.807, 2.05) is 11.8 Å². The van der Waals surface area contributed by atoms with E-state index in [-0.39, 0.29) is 14.9 Å². The van der Waals surface area contributed by atoms with Crippen LogP contribution in [0.3, 0.4) is 0 Å². The monoisotopic (exact) mass is 362 g/mol. The third kappa shape index (κ3) is 5.23. The number of hydrogen-bond donors (Lipinski definition) is 0. The summed E-state index contributed by atoms with van der Waals surface area (Å²) in [7, 11) is 1.33. The molecular weight excluding hydrogens is 351 g/mol. The lowest BCUT2D eigenvalue weighted by molar-refractivity contribution is 0.319. The molecule has 0 saturated carbocycles. The van der Waals surface area contributed by atoms with Crippen LogP contribution in [0.15, 0.2) is 17.0 Å². The number of thioether (sulfide) groups is 1. The van der Waals surface area contributed by atoms with Crippen molar-refractivity contribution in [1.29, 1.82) is 0 Å². The van der Waals surface area contributed by atoms with E-state index in [0.29, 0.717) is 12.4 Å². The third-order valence-corrected chi connectivity index (χ3v) is 5.50. The maximum absolute atomic E-state index is 11.2. The molecule has 1 aromatic rings. The molecule has 0 radical (unpaired) electrons. The van der Waals surface area contributed by atoms with Gasteiger partial charge in [0, 0.05) is 10.7 Å². The first-order chi connectivity index (χ1) is 8.88. The number of benzene rings is 1. The molecule has 0 aliphatic rings. The predicted octanol–water partition coefficient (Wildman–Crippen LogP) is 4.44. The molecular formula is C11H13Cl3O3S2. The zero-order valence-corrected chi connectivity index (χ0v) is 14.1. The molecule has 0 saturated heterocycles. The standard InChI is InChI=1S/C11H13Cl3O3S2/c1-2-18-7-3-6-17-8-4-5-9(19(14,15)16)11(13)10(8)12/h4-5H,2-3,6-7H2,1H3. The normalized spacial score (nSPS) is 11.6. The van der Waals surface area contributed by atoms with E-state index in [2.05, 4.69) is 6.92 Å². The zero-order valence-electron chi connectivity index (χ0n) is 10.2. The Balaban J connectivity index is 2.75. The first-order valence-corrected chi connectivity index (χ1v) is 9.73. The number of hydrogen-bond acceptors (Lipinski definition) is 4. The molecule has 1 aromatic carbocycles. The van der Waals surface area contributed by atoms with Crippen LogP contribution in [-0.2, 0) is 9.05 Å². The van der Waals surface area contributed by atoms with Crippen molar-refractivity contribution in [3.63, 3.8) is 0 Å². The van der Waals surface area contributed by atoms with Crippen LogP contribution in [0.1, 0.15) is 13.3 Å². The Bertz CT molecular complexity index is 532. The fraction of sp³-hybridized carbons (Fsp3) is 0.455. The highest BCUT2D eigenvalue weighted by atomic mass is 35.7. The minimum absolute atomic E-state index is 0.0616. The summed E-state index contributed by atoms with van der Waals surface area (Å²) >= 11 is 13.6. The van der Waals surface area contributed by atoms with Crippen LogP contribution in [0.5, 0.6) is 5.75 Å². The van der Waals surface area contributed by atoms with Crippen molar-refractivity contribution in [2.24, 2.45) is 0 Å². The largest absolute Gasteiger partial charge is 0.492 e. The Morgan fingerprint density at radius 1 is 1.26 bits per heavy atom. The maximum atomic E-state index is 11.2. The zero-order chi connectivity index (χ0) is 14.5. The lowest BCUT2D eigenvalue weighted by Gasteiger charge is -2.10. The van der Waals surface area contributed by atoms with Gasteiger partial charge in [0.05, 0.1) is 11.6 Å². The van der Waals surface area contributed by atoms with Gasteiger partial charge in [-0.05, 0) is 30.1 Å². The molecule has 0 heterocycles. The fourth-order valence-electron chi connectivity index (χ4n) is 1.30. The Morgan fingerprint density at radius 2 is 1.95 bits per heavy atom. The van der Waals surface area contributed by atoms with Gasteiger partial charge in [-0.1, -0.05) is 30.1 Å². The Labute approximate surface area is 132 Å². The van der Waals surface area contributed by atoms with Gasteiger partial charge in [0.2, 0.25) is 0 Å². The second kappa shape index (κ2) is 7.84. The van der Waals surface area contributed by atoms with Crippen LogP contribution in [0.2, 0.25) is 10.0 Å². The molecule has 0 N–H and O–H groups in total. The number of rotatable bonds is 7. The summed E-state index contributed by atoms with van der Waals surface area (Å²) in [5.41, 5.74) is 0. The Kier molecular flexibility index (Phi) is 7.11. The Hall–Kier alpha value is 0.190. The summed E-state index contributed by atoms with van der Waals surface area (Å²) in [6.45, 7) is 2.59. The average Bonchev–Trinajstić information content (AvgIpc) is 2.32. The van der Waals surface area contributed by atoms with Crippen LogP contribution >= 0.6 is 45.6 Å². The maximum Gasteiger partial charge on any atom is 0.262 e. The minimum Gasteiger partial charge on any atom is -0.492 e. The molecule has 0 aliphatic carbocycles. The van der Waals surface area contributed by atoms with Crippen molar-refractivity contribution in [2.75, 3.05) is 18.1 Å². The second-order valence-electron chi connectivity index (χ2n) is 3.53. The predicted molar refractivity (Wildman–Crippen MR) is 82.6 cm³/mol. The number of ether oxygens (including phenoxy) is 1. The van der Waals surface area contributed by atoms with Crippen molar-refractivity contribution in [3.8, 4) is 5.75 Å². The molecule has 1 rings (SSSR count). The van der Waals surface area contributed by atoms with Gasteiger partial charge in [-0.3, -0.25) is 0 Å². The van der Waals surface area contributed by atoms with Crippen molar-refractivity contribution in [3.05, 3.63) is 22.2 Å². The van der Waals surface area contributed by atoms with Gasteiger partial charge < -0.3 is 4.74 Å². The third-order valence-electron chi connectivity index (χ3n) is 2.17. The van der Waals surface area contributed by atoms with Crippen LogP contribution in [0, 0.1) is 0 Å². The van der Waals surface area contributed by atoms with E-state index in [1.54, 1.807) is 0 Å². The molecule has 0 spiro atoms. The topological polar surface area (TPSA) is 43.4 Å². The van der Waals surface area contributed by atoms with Crippen molar-refractivity contribution in [1.82, 2.24) is 0 Å². The molecule has 0 bridgehead atoms. The summed E-state index contributed by atoms with van der Waals surface area (Å²) < 4.78 is 27.9. The van der Waals surface area contributed by atoms with Gasteiger partial charge >= 0.3 is 0 Å². The van der Waals surface area contributed by atoms with Gasteiger partial charge in [-0.25, -0.2) is 8.42 Å². The molecule has 0 atom stereocenters. The average molecular weight is 364 g/mol. The highest BCUT2D eigenvalue weighted by Gasteiger charge is 2.19. The molecule has 0 unspecified atom stereocenters. The molecule has 0 aliphatic heterocycles. The fourth-order valence-corrected chi connectivity index (χ4v) is 3.70. The molecule has 0 fully saturated rings. The first kappa shape index (κ1) is 17.2. The SMILES string of the molecule is CCSCCCOc1ccc(S(=O)(=O)Cl)c(Cl)c1Cl. The first-order valence-electron chi connectivity index (χ1n) is 5.51. The second-order valence-corrected chi connectivity index (χ2v) is 8.21. The van der Waals surface area contributed by atoms with Crippen molar-refractivity contribution < 1.29 is 13.2 Å². The summed E-state index contributed by atoms with van der Waals surface area (Å²) in [5.74, 6) is 2.42. The van der Waals surface area contributed by atoms with Crippen molar-refractivity contribution >= 4 is 54.7 Å². The summed E-state index contributed by atoms with van der Waals surface area (Å²) in [6, 6.07) is 2.74. The minimum atomic E-state index is -3.91. The van der Waals surface area contributed by atoms with E-state index in [1.165, 1.54) is 12.1 Å². The van der Waals surface area contributed by atoms with Gasteiger partial charge in [0.15, 0.2) is 0 Å². The van der Waals surface area contributed by atoms with E-state index >= 15 is 0 Å². The summed E-state index contributed by atoms with van der Waals surface area (Å²) in [4.78, 5) is -0.213. The molecule has 19 heavy (non-hydrogen) atoms. The Morgan fingerprint density at radius 3 is 2.53 bits per heavy atom. The quantitative estimate of drug-likeness (QED) is 0.530. The molecule has 0 aromatic heterocycles. The van der Waals surface area contributed by atoms with Crippen LogP contribution < -0.4 is 4.74 Å². The summed E-state index contributed by atoms with van der Waals surface area (Å²) in [6.07, 6.45) is 0.877. The lowest BCUT2D eigenvalue weighted by atomic mass is 10.3. The summed E-state index contributed by atoms with van der Waals surface area (Å²) in [5, 5.41) is -0.0522. The van der Waals surface area contributed by atoms with Crippen LogP contribution in [0.4, 0.5) is 0 Å². The van der Waals surface area contributed by atoms with E-state index in [0.717, 1.165) is 17.9 Å². The highest BCUT2D eigenvalue weighted by molar-refractivity contribution is 8.13. The van der Waals surface area contributed by atoms with Gasteiger partial charge in [-0.2, -0.15) is 11.8 Å².